The van der Waals surface area contributed by atoms with E-state index in [0.717, 1.165) is 0 Å². The van der Waals surface area contributed by atoms with Gasteiger partial charge in [-0.05, 0) is 18.6 Å². The lowest BCUT2D eigenvalue weighted by Gasteiger charge is -2.11. The predicted octanol–water partition coefficient (Wildman–Crippen LogP) is 1.30. The summed E-state index contributed by atoms with van der Waals surface area (Å²) in [6, 6.07) is 5.10. The second-order valence-electron chi connectivity index (χ2n) is 3.93. The summed E-state index contributed by atoms with van der Waals surface area (Å²) in [6.45, 7) is 0. The Balaban J connectivity index is 2.60. The number of nitrogens with two attached hydrogens (primary N) is 1. The maximum atomic E-state index is 11.7. The molecule has 0 aliphatic heterocycles. The van der Waals surface area contributed by atoms with Crippen molar-refractivity contribution in [3.63, 3.8) is 0 Å². The SMILES string of the molecule is COc1ccc(NC(=O)CCCC(N)=O)c(OC)c1. The Morgan fingerprint density at radius 1 is 1.21 bits per heavy atom. The van der Waals surface area contributed by atoms with Gasteiger partial charge in [0.25, 0.3) is 0 Å². The summed E-state index contributed by atoms with van der Waals surface area (Å²) in [7, 11) is 3.06. The number of amides is 2. The number of ether oxygens (including phenoxy) is 2. The third-order valence-corrected chi connectivity index (χ3v) is 2.51. The fourth-order valence-corrected chi connectivity index (χ4v) is 1.54. The zero-order chi connectivity index (χ0) is 14.3. The van der Waals surface area contributed by atoms with Crippen LogP contribution >= 0.6 is 0 Å². The molecule has 0 spiro atoms. The highest BCUT2D eigenvalue weighted by Gasteiger charge is 2.09. The van der Waals surface area contributed by atoms with E-state index in [1.165, 1.54) is 7.11 Å². The normalized spacial score (nSPS) is 9.79. The van der Waals surface area contributed by atoms with Crippen LogP contribution in [0.2, 0.25) is 0 Å². The van der Waals surface area contributed by atoms with Crippen LogP contribution in [0.5, 0.6) is 11.5 Å². The van der Waals surface area contributed by atoms with Crippen LogP contribution in [0.4, 0.5) is 5.69 Å². The highest BCUT2D eigenvalue weighted by atomic mass is 16.5. The summed E-state index contributed by atoms with van der Waals surface area (Å²) >= 11 is 0. The summed E-state index contributed by atoms with van der Waals surface area (Å²) in [4.78, 5) is 22.2. The monoisotopic (exact) mass is 266 g/mol. The highest BCUT2D eigenvalue weighted by molar-refractivity contribution is 5.92. The van der Waals surface area contributed by atoms with Crippen LogP contribution in [0.3, 0.4) is 0 Å². The van der Waals surface area contributed by atoms with Crippen molar-refractivity contribution >= 4 is 17.5 Å². The molecular weight excluding hydrogens is 248 g/mol. The number of hydrogen-bond acceptors (Lipinski definition) is 4. The quantitative estimate of drug-likeness (QED) is 0.778. The van der Waals surface area contributed by atoms with Crippen LogP contribution in [0.1, 0.15) is 19.3 Å². The Labute approximate surface area is 111 Å². The molecule has 104 valence electrons. The smallest absolute Gasteiger partial charge is 0.224 e. The number of methoxy groups -OCH3 is 2. The van der Waals surface area contributed by atoms with Gasteiger partial charge in [-0.25, -0.2) is 0 Å². The number of rotatable bonds is 7. The number of nitrogens with one attached hydrogen (secondary N) is 1. The van der Waals surface area contributed by atoms with Gasteiger partial charge in [-0.1, -0.05) is 0 Å². The molecule has 0 radical (unpaired) electrons. The molecule has 0 aliphatic rings. The molecule has 6 nitrogen and oxygen atoms in total. The number of anilines is 1. The van der Waals surface area contributed by atoms with Gasteiger partial charge in [-0.3, -0.25) is 9.59 Å². The van der Waals surface area contributed by atoms with Crippen LogP contribution < -0.4 is 20.5 Å². The van der Waals surface area contributed by atoms with Gasteiger partial charge in [0.15, 0.2) is 0 Å². The number of hydrogen-bond donors (Lipinski definition) is 2. The molecule has 0 bridgehead atoms. The van der Waals surface area contributed by atoms with Gasteiger partial charge in [0.1, 0.15) is 11.5 Å². The van der Waals surface area contributed by atoms with E-state index in [9.17, 15) is 9.59 Å². The van der Waals surface area contributed by atoms with Crippen molar-refractivity contribution in [3.05, 3.63) is 18.2 Å². The van der Waals surface area contributed by atoms with Crippen molar-refractivity contribution in [3.8, 4) is 11.5 Å². The first kappa shape index (κ1) is 14.8. The topological polar surface area (TPSA) is 90.6 Å². The Hall–Kier alpha value is -2.24. The van der Waals surface area contributed by atoms with E-state index in [4.69, 9.17) is 15.2 Å². The van der Waals surface area contributed by atoms with Gasteiger partial charge < -0.3 is 20.5 Å². The molecule has 1 rings (SSSR count). The maximum Gasteiger partial charge on any atom is 0.224 e. The Bertz CT molecular complexity index is 460. The Kier molecular flexibility index (Phi) is 5.66. The lowest BCUT2D eigenvalue weighted by Crippen LogP contribution is -2.15. The number of primary amides is 1. The average molecular weight is 266 g/mol. The zero-order valence-corrected chi connectivity index (χ0v) is 11.1. The summed E-state index contributed by atoms with van der Waals surface area (Å²) in [5.41, 5.74) is 5.57. The second kappa shape index (κ2) is 7.25. The molecule has 1 aromatic rings. The lowest BCUT2D eigenvalue weighted by molar-refractivity contribution is -0.118. The number of benzene rings is 1. The molecule has 0 heterocycles. The molecule has 0 aliphatic carbocycles. The minimum absolute atomic E-state index is 0.190. The largest absolute Gasteiger partial charge is 0.497 e. The van der Waals surface area contributed by atoms with Gasteiger partial charge >= 0.3 is 0 Å². The van der Waals surface area contributed by atoms with Crippen LogP contribution in [0.25, 0.3) is 0 Å². The Morgan fingerprint density at radius 3 is 2.53 bits per heavy atom. The third-order valence-electron chi connectivity index (χ3n) is 2.51. The van der Waals surface area contributed by atoms with E-state index >= 15 is 0 Å². The highest BCUT2D eigenvalue weighted by Crippen LogP contribution is 2.29. The van der Waals surface area contributed by atoms with Crippen molar-refractivity contribution in [1.29, 1.82) is 0 Å². The molecule has 1 aromatic carbocycles. The first-order chi connectivity index (χ1) is 9.06. The molecule has 2 amide bonds. The molecule has 0 aromatic heterocycles. The first-order valence-electron chi connectivity index (χ1n) is 5.87. The number of carbonyl (C=O) groups excluding carboxylic acids is 2. The summed E-state index contributed by atoms with van der Waals surface area (Å²) in [5, 5.41) is 2.71. The van der Waals surface area contributed by atoms with Gasteiger partial charge in [0.05, 0.1) is 19.9 Å². The first-order valence-corrected chi connectivity index (χ1v) is 5.87. The van der Waals surface area contributed by atoms with Crippen LogP contribution in [0, 0.1) is 0 Å². The fraction of sp³-hybridized carbons (Fsp3) is 0.385. The maximum absolute atomic E-state index is 11.7. The molecular formula is C13H18N2O4. The van der Waals surface area contributed by atoms with Gasteiger partial charge in [-0.15, -0.1) is 0 Å². The minimum atomic E-state index is -0.408. The summed E-state index contributed by atoms with van der Waals surface area (Å²) in [5.74, 6) is 0.561. The van der Waals surface area contributed by atoms with Crippen LogP contribution in [-0.2, 0) is 9.59 Å². The molecule has 0 saturated carbocycles. The standard InChI is InChI=1S/C13H18N2O4/c1-18-9-6-7-10(11(8-9)19-2)15-13(17)5-3-4-12(14)16/h6-8H,3-5H2,1-2H3,(H2,14,16)(H,15,17). The van der Waals surface area contributed by atoms with Crippen molar-refractivity contribution < 1.29 is 19.1 Å². The van der Waals surface area contributed by atoms with Crippen molar-refractivity contribution in [2.45, 2.75) is 19.3 Å². The van der Waals surface area contributed by atoms with Gasteiger partial charge in [-0.2, -0.15) is 0 Å². The predicted molar refractivity (Wildman–Crippen MR) is 71.2 cm³/mol. The second-order valence-corrected chi connectivity index (χ2v) is 3.93. The van der Waals surface area contributed by atoms with Crippen LogP contribution in [0.15, 0.2) is 18.2 Å². The zero-order valence-electron chi connectivity index (χ0n) is 11.1. The van der Waals surface area contributed by atoms with Crippen molar-refractivity contribution in [2.75, 3.05) is 19.5 Å². The van der Waals surface area contributed by atoms with Crippen molar-refractivity contribution in [1.82, 2.24) is 0 Å². The van der Waals surface area contributed by atoms with E-state index in [0.29, 0.717) is 23.6 Å². The molecule has 0 atom stereocenters. The van der Waals surface area contributed by atoms with E-state index in [-0.39, 0.29) is 18.7 Å². The third kappa shape index (κ3) is 4.87. The minimum Gasteiger partial charge on any atom is -0.497 e. The average Bonchev–Trinajstić information content (AvgIpc) is 2.38. The molecule has 0 fully saturated rings. The summed E-state index contributed by atoms with van der Waals surface area (Å²) < 4.78 is 10.2. The lowest BCUT2D eigenvalue weighted by atomic mass is 10.2. The van der Waals surface area contributed by atoms with Gasteiger partial charge in [0.2, 0.25) is 11.8 Å². The number of carbonyl (C=O) groups is 2. The molecule has 3 N–H and O–H groups in total. The molecule has 0 saturated heterocycles. The molecule has 0 unspecified atom stereocenters. The van der Waals surface area contributed by atoms with E-state index in [2.05, 4.69) is 5.32 Å². The van der Waals surface area contributed by atoms with Crippen LogP contribution in [-0.4, -0.2) is 26.0 Å². The fourth-order valence-electron chi connectivity index (χ4n) is 1.54. The van der Waals surface area contributed by atoms with E-state index in [1.54, 1.807) is 25.3 Å². The summed E-state index contributed by atoms with van der Waals surface area (Å²) in [6.07, 6.45) is 0.866. The molecule has 6 heteroatoms. The van der Waals surface area contributed by atoms with E-state index < -0.39 is 5.91 Å². The Morgan fingerprint density at radius 2 is 1.95 bits per heavy atom. The van der Waals surface area contributed by atoms with Crippen molar-refractivity contribution in [2.24, 2.45) is 5.73 Å². The molecule has 19 heavy (non-hydrogen) atoms. The van der Waals surface area contributed by atoms with E-state index in [1.807, 2.05) is 0 Å². The van der Waals surface area contributed by atoms with Gasteiger partial charge in [0, 0.05) is 18.9 Å².